The summed E-state index contributed by atoms with van der Waals surface area (Å²) in [5.41, 5.74) is 6.32. The van der Waals surface area contributed by atoms with Crippen LogP contribution in [0.1, 0.15) is 63.9 Å². The molecule has 0 saturated heterocycles. The van der Waals surface area contributed by atoms with Crippen molar-refractivity contribution < 1.29 is 14.3 Å². The van der Waals surface area contributed by atoms with Gasteiger partial charge in [0.2, 0.25) is 0 Å². The van der Waals surface area contributed by atoms with Crippen molar-refractivity contribution in [2.24, 2.45) is 5.73 Å². The summed E-state index contributed by atoms with van der Waals surface area (Å²) in [5, 5.41) is 0. The average Bonchev–Trinajstić information content (AvgIpc) is 2.60. The summed E-state index contributed by atoms with van der Waals surface area (Å²) < 4.78 is 12.9. The summed E-state index contributed by atoms with van der Waals surface area (Å²) in [6.07, 6.45) is 7.48. The van der Waals surface area contributed by atoms with Crippen molar-refractivity contribution in [3.63, 3.8) is 0 Å². The first-order valence-corrected chi connectivity index (χ1v) is 10.4. The predicted octanol–water partition coefficient (Wildman–Crippen LogP) is 5.16. The largest absolute Gasteiger partial charge is 0.445 e. The van der Waals surface area contributed by atoms with Crippen LogP contribution in [0.15, 0.2) is 24.3 Å². The molecule has 1 unspecified atom stereocenters. The van der Waals surface area contributed by atoms with Crippen LogP contribution in [0.3, 0.4) is 0 Å². The molecule has 25 heavy (non-hydrogen) atoms. The summed E-state index contributed by atoms with van der Waals surface area (Å²) in [4.78, 5) is 11.6. The Morgan fingerprint density at radius 3 is 2.76 bits per heavy atom. The molecule has 2 rings (SSSR count). The number of hydrogen-bond acceptors (Lipinski definition) is 3. The second-order valence-corrected chi connectivity index (χ2v) is 8.07. The molecule has 0 aliphatic heterocycles. The minimum Gasteiger partial charge on any atom is -0.445 e. The average molecular weight is 459 g/mol. The van der Waals surface area contributed by atoms with E-state index in [4.69, 9.17) is 15.2 Å². The summed E-state index contributed by atoms with van der Waals surface area (Å²) in [5.74, 6) is 0. The first kappa shape index (κ1) is 20.5. The number of halogens is 1. The number of unbranched alkanes of at least 4 members (excludes halogenated alkanes) is 2. The smallest absolute Gasteiger partial charge is 0.404 e. The quantitative estimate of drug-likeness (QED) is 0.432. The summed E-state index contributed by atoms with van der Waals surface area (Å²) in [6.45, 7) is 2.21. The second kappa shape index (κ2) is 9.76. The van der Waals surface area contributed by atoms with Gasteiger partial charge >= 0.3 is 6.09 Å². The molecule has 140 valence electrons. The molecule has 1 amide bonds. The molecule has 0 aromatic heterocycles. The minimum atomic E-state index is -0.689. The van der Waals surface area contributed by atoms with Crippen LogP contribution >= 0.6 is 22.6 Å². The molecule has 1 aromatic carbocycles. The molecule has 0 radical (unpaired) electrons. The zero-order valence-corrected chi connectivity index (χ0v) is 17.5. The number of hydrogen-bond donors (Lipinski definition) is 1. The predicted molar refractivity (Wildman–Crippen MR) is 109 cm³/mol. The third-order valence-electron chi connectivity index (χ3n) is 5.44. The maximum absolute atomic E-state index is 11.6. The van der Waals surface area contributed by atoms with Crippen molar-refractivity contribution >= 4 is 28.7 Å². The highest BCUT2D eigenvalue weighted by Crippen LogP contribution is 2.47. The van der Waals surface area contributed by atoms with Crippen LogP contribution in [0, 0.1) is 3.57 Å². The topological polar surface area (TPSA) is 61.6 Å². The SMILES string of the molecule is CCCCCC(OC)[C@@]1(c2ccccc2I)CCCC[C@@H]1OC(N)=O. The van der Waals surface area contributed by atoms with E-state index in [9.17, 15) is 4.79 Å². The number of rotatable bonds is 8. The van der Waals surface area contributed by atoms with Crippen LogP contribution in [0.2, 0.25) is 0 Å². The van der Waals surface area contributed by atoms with E-state index in [0.717, 1.165) is 38.5 Å². The molecular formula is C20H30INO3. The normalized spacial score (nSPS) is 24.7. The molecule has 2 N–H and O–H groups in total. The molecule has 3 atom stereocenters. The maximum Gasteiger partial charge on any atom is 0.404 e. The summed E-state index contributed by atoms with van der Waals surface area (Å²) >= 11 is 2.38. The zero-order chi connectivity index (χ0) is 18.3. The van der Waals surface area contributed by atoms with Gasteiger partial charge < -0.3 is 15.2 Å². The lowest BCUT2D eigenvalue weighted by molar-refractivity contribution is -0.0678. The Hall–Kier alpha value is -0.820. The lowest BCUT2D eigenvalue weighted by Crippen LogP contribution is -2.54. The molecule has 5 heteroatoms. The Morgan fingerprint density at radius 2 is 2.12 bits per heavy atom. The first-order chi connectivity index (χ1) is 12.1. The Kier molecular flexibility index (Phi) is 8.00. The summed E-state index contributed by atoms with van der Waals surface area (Å²) in [7, 11) is 1.78. The van der Waals surface area contributed by atoms with Crippen molar-refractivity contribution in [2.45, 2.75) is 75.9 Å². The molecule has 1 aromatic rings. The number of primary amides is 1. The lowest BCUT2D eigenvalue weighted by atomic mass is 9.63. The van der Waals surface area contributed by atoms with E-state index in [2.05, 4.69) is 47.7 Å². The standard InChI is InChI=1S/C20H30INO3/c1-3-4-5-12-17(24-2)20(15-10-6-7-11-16(15)21)14-9-8-13-18(20)25-19(22)23/h6-7,10-11,17-18H,3-5,8-9,12-14H2,1-2H3,(H2,22,23)/t17?,18-,20-/m0/s1. The van der Waals surface area contributed by atoms with Gasteiger partial charge in [-0.05, 0) is 59.9 Å². The van der Waals surface area contributed by atoms with Gasteiger partial charge in [-0.3, -0.25) is 0 Å². The zero-order valence-electron chi connectivity index (χ0n) is 15.3. The molecule has 0 bridgehead atoms. The third-order valence-corrected chi connectivity index (χ3v) is 6.38. The lowest BCUT2D eigenvalue weighted by Gasteiger charge is -2.48. The van der Waals surface area contributed by atoms with Crippen LogP contribution in [-0.2, 0) is 14.9 Å². The van der Waals surface area contributed by atoms with Gasteiger partial charge in [-0.25, -0.2) is 4.79 Å². The monoisotopic (exact) mass is 459 g/mol. The van der Waals surface area contributed by atoms with Gasteiger partial charge in [-0.15, -0.1) is 0 Å². The van der Waals surface area contributed by atoms with Gasteiger partial charge in [0, 0.05) is 10.7 Å². The van der Waals surface area contributed by atoms with E-state index in [-0.39, 0.29) is 17.6 Å². The Balaban J connectivity index is 2.48. The van der Waals surface area contributed by atoms with E-state index in [1.54, 1.807) is 7.11 Å². The highest BCUT2D eigenvalue weighted by Gasteiger charge is 2.51. The molecule has 1 fully saturated rings. The molecular weight excluding hydrogens is 429 g/mol. The van der Waals surface area contributed by atoms with Crippen molar-refractivity contribution in [1.82, 2.24) is 0 Å². The molecule has 4 nitrogen and oxygen atoms in total. The Bertz CT molecular complexity index is 566. The number of methoxy groups -OCH3 is 1. The van der Waals surface area contributed by atoms with Gasteiger partial charge in [0.05, 0.1) is 11.5 Å². The van der Waals surface area contributed by atoms with Gasteiger partial charge in [-0.1, -0.05) is 50.8 Å². The van der Waals surface area contributed by atoms with E-state index in [0.29, 0.717) is 0 Å². The Labute approximate surface area is 165 Å². The van der Waals surface area contributed by atoms with E-state index >= 15 is 0 Å². The number of carbonyl (C=O) groups is 1. The van der Waals surface area contributed by atoms with Crippen LogP contribution in [0.5, 0.6) is 0 Å². The van der Waals surface area contributed by atoms with E-state index < -0.39 is 6.09 Å². The second-order valence-electron chi connectivity index (χ2n) is 6.91. The highest BCUT2D eigenvalue weighted by atomic mass is 127. The van der Waals surface area contributed by atoms with Gasteiger partial charge in [0.25, 0.3) is 0 Å². The fourth-order valence-corrected chi connectivity index (χ4v) is 5.21. The molecule has 1 saturated carbocycles. The molecule has 0 spiro atoms. The van der Waals surface area contributed by atoms with Crippen LogP contribution in [0.4, 0.5) is 4.79 Å². The van der Waals surface area contributed by atoms with Crippen molar-refractivity contribution in [3.05, 3.63) is 33.4 Å². The fraction of sp³-hybridized carbons (Fsp3) is 0.650. The van der Waals surface area contributed by atoms with Crippen LogP contribution < -0.4 is 5.73 Å². The van der Waals surface area contributed by atoms with Gasteiger partial charge in [0.15, 0.2) is 0 Å². The number of ether oxygens (including phenoxy) is 2. The summed E-state index contributed by atoms with van der Waals surface area (Å²) in [6, 6.07) is 8.39. The van der Waals surface area contributed by atoms with Crippen molar-refractivity contribution in [1.29, 1.82) is 0 Å². The van der Waals surface area contributed by atoms with Crippen molar-refractivity contribution in [2.75, 3.05) is 7.11 Å². The van der Waals surface area contributed by atoms with Crippen LogP contribution in [-0.4, -0.2) is 25.4 Å². The van der Waals surface area contributed by atoms with Crippen LogP contribution in [0.25, 0.3) is 0 Å². The van der Waals surface area contributed by atoms with Gasteiger partial charge in [-0.2, -0.15) is 0 Å². The van der Waals surface area contributed by atoms with Crippen molar-refractivity contribution in [3.8, 4) is 0 Å². The minimum absolute atomic E-state index is 0.0135. The molecule has 1 aliphatic rings. The number of nitrogens with two attached hydrogens (primary N) is 1. The number of benzene rings is 1. The molecule has 0 heterocycles. The number of carbonyl (C=O) groups excluding carboxylic acids is 1. The fourth-order valence-electron chi connectivity index (χ4n) is 4.32. The maximum atomic E-state index is 11.6. The third kappa shape index (κ3) is 4.67. The number of amides is 1. The molecule has 1 aliphatic carbocycles. The Morgan fingerprint density at radius 1 is 1.36 bits per heavy atom. The van der Waals surface area contributed by atoms with E-state index in [1.165, 1.54) is 22.0 Å². The van der Waals surface area contributed by atoms with E-state index in [1.807, 2.05) is 6.07 Å². The highest BCUT2D eigenvalue weighted by molar-refractivity contribution is 14.1. The van der Waals surface area contributed by atoms with Gasteiger partial charge in [0.1, 0.15) is 6.10 Å². The first-order valence-electron chi connectivity index (χ1n) is 9.30.